The Bertz CT molecular complexity index is 819. The highest BCUT2D eigenvalue weighted by Crippen LogP contribution is 2.32. The lowest BCUT2D eigenvalue weighted by atomic mass is 10.2. The van der Waals surface area contributed by atoms with Gasteiger partial charge in [0, 0.05) is 44.6 Å². The molecule has 2 aliphatic rings. The molecule has 1 N–H and O–H groups in total. The number of hydrogen-bond acceptors (Lipinski definition) is 6. The summed E-state index contributed by atoms with van der Waals surface area (Å²) >= 11 is 0. The van der Waals surface area contributed by atoms with Crippen molar-refractivity contribution in [1.29, 1.82) is 0 Å². The van der Waals surface area contributed by atoms with Crippen LogP contribution in [0.1, 0.15) is 23.0 Å². The van der Waals surface area contributed by atoms with E-state index in [1.165, 1.54) is 0 Å². The molecule has 2 aromatic rings. The minimum atomic E-state index is -0.179. The molecule has 0 aliphatic carbocycles. The fourth-order valence-corrected chi connectivity index (χ4v) is 3.39. The van der Waals surface area contributed by atoms with Crippen molar-refractivity contribution in [3.63, 3.8) is 0 Å². The van der Waals surface area contributed by atoms with Crippen molar-refractivity contribution >= 4 is 11.6 Å². The highest BCUT2D eigenvalue weighted by molar-refractivity contribution is 5.93. The third-order valence-corrected chi connectivity index (χ3v) is 5.05. The molecule has 0 radical (unpaired) electrons. The molecule has 3 heterocycles. The zero-order chi connectivity index (χ0) is 18.6. The van der Waals surface area contributed by atoms with E-state index in [0.717, 1.165) is 49.7 Å². The van der Waals surface area contributed by atoms with Crippen molar-refractivity contribution in [2.24, 2.45) is 0 Å². The summed E-state index contributed by atoms with van der Waals surface area (Å²) in [6.07, 6.45) is 1.71. The molecule has 1 saturated heterocycles. The van der Waals surface area contributed by atoms with Gasteiger partial charge < -0.3 is 24.6 Å². The molecule has 0 saturated carbocycles. The SMILES string of the molecule is CCN1CCN(c2ccnc(C(=O)NCc3ccc4c(c3)OCO4)c2)CC1. The molecule has 7 heteroatoms. The number of pyridine rings is 1. The van der Waals surface area contributed by atoms with Crippen molar-refractivity contribution < 1.29 is 14.3 Å². The Morgan fingerprint density at radius 1 is 1.11 bits per heavy atom. The van der Waals surface area contributed by atoms with Gasteiger partial charge in [-0.05, 0) is 36.4 Å². The molecule has 1 fully saturated rings. The number of benzene rings is 1. The van der Waals surface area contributed by atoms with Gasteiger partial charge >= 0.3 is 0 Å². The highest BCUT2D eigenvalue weighted by atomic mass is 16.7. The van der Waals surface area contributed by atoms with Crippen LogP contribution in [-0.2, 0) is 6.54 Å². The van der Waals surface area contributed by atoms with Gasteiger partial charge in [-0.25, -0.2) is 0 Å². The van der Waals surface area contributed by atoms with Gasteiger partial charge in [0.15, 0.2) is 11.5 Å². The summed E-state index contributed by atoms with van der Waals surface area (Å²) in [7, 11) is 0. The normalized spacial score (nSPS) is 16.4. The summed E-state index contributed by atoms with van der Waals surface area (Å²) in [5.74, 6) is 1.28. The van der Waals surface area contributed by atoms with Crippen molar-refractivity contribution in [2.75, 3.05) is 44.4 Å². The molecule has 2 aliphatic heterocycles. The quantitative estimate of drug-likeness (QED) is 0.869. The third kappa shape index (κ3) is 3.98. The Hall–Kier alpha value is -2.80. The van der Waals surface area contributed by atoms with Gasteiger partial charge in [0.25, 0.3) is 5.91 Å². The molecule has 1 aromatic heterocycles. The average molecular weight is 368 g/mol. The second kappa shape index (κ2) is 7.84. The highest BCUT2D eigenvalue weighted by Gasteiger charge is 2.18. The number of nitrogens with zero attached hydrogens (tertiary/aromatic N) is 3. The number of piperazine rings is 1. The van der Waals surface area contributed by atoms with E-state index in [-0.39, 0.29) is 12.7 Å². The van der Waals surface area contributed by atoms with Gasteiger partial charge in [-0.15, -0.1) is 0 Å². The van der Waals surface area contributed by atoms with E-state index in [1.54, 1.807) is 6.20 Å². The number of aromatic nitrogens is 1. The van der Waals surface area contributed by atoms with Gasteiger partial charge in [-0.2, -0.15) is 0 Å². The lowest BCUT2D eigenvalue weighted by molar-refractivity contribution is 0.0946. The van der Waals surface area contributed by atoms with Gasteiger partial charge in [-0.3, -0.25) is 9.78 Å². The fourth-order valence-electron chi connectivity index (χ4n) is 3.39. The number of likely N-dealkylation sites (N-methyl/N-ethyl adjacent to an activating group) is 1. The first-order valence-corrected chi connectivity index (χ1v) is 9.33. The number of carbonyl (C=O) groups excluding carboxylic acids is 1. The van der Waals surface area contributed by atoms with Crippen LogP contribution in [0.15, 0.2) is 36.5 Å². The summed E-state index contributed by atoms with van der Waals surface area (Å²) in [6.45, 7) is 7.95. The number of hydrogen-bond donors (Lipinski definition) is 1. The Morgan fingerprint density at radius 3 is 2.74 bits per heavy atom. The van der Waals surface area contributed by atoms with Gasteiger partial charge in [-0.1, -0.05) is 13.0 Å². The molecule has 27 heavy (non-hydrogen) atoms. The molecule has 142 valence electrons. The second-order valence-corrected chi connectivity index (χ2v) is 6.69. The predicted octanol–water partition coefficient (Wildman–Crippen LogP) is 1.88. The van der Waals surface area contributed by atoms with Crippen molar-refractivity contribution in [3.8, 4) is 11.5 Å². The molecule has 0 unspecified atom stereocenters. The summed E-state index contributed by atoms with van der Waals surface area (Å²) in [5, 5.41) is 2.93. The maximum Gasteiger partial charge on any atom is 0.270 e. The Morgan fingerprint density at radius 2 is 1.93 bits per heavy atom. The summed E-state index contributed by atoms with van der Waals surface area (Å²) in [4.78, 5) is 21.5. The minimum absolute atomic E-state index is 0.179. The first kappa shape index (κ1) is 17.6. The fraction of sp³-hybridized carbons (Fsp3) is 0.400. The maximum atomic E-state index is 12.5. The van der Waals surface area contributed by atoms with Crippen LogP contribution in [0.25, 0.3) is 0 Å². The van der Waals surface area contributed by atoms with Crippen molar-refractivity contribution in [1.82, 2.24) is 15.2 Å². The molecule has 1 aromatic carbocycles. The van der Waals surface area contributed by atoms with E-state index >= 15 is 0 Å². The minimum Gasteiger partial charge on any atom is -0.454 e. The van der Waals surface area contributed by atoms with E-state index in [2.05, 4.69) is 27.0 Å². The summed E-state index contributed by atoms with van der Waals surface area (Å²) in [6, 6.07) is 9.51. The molecule has 0 bridgehead atoms. The Labute approximate surface area is 158 Å². The number of fused-ring (bicyclic) bond motifs is 1. The van der Waals surface area contributed by atoms with E-state index in [0.29, 0.717) is 18.0 Å². The largest absolute Gasteiger partial charge is 0.454 e. The standard InChI is InChI=1S/C20H24N4O3/c1-2-23-7-9-24(10-8-23)16-5-6-21-17(12-16)20(25)22-13-15-3-4-18-19(11-15)27-14-26-18/h3-6,11-12H,2,7-10,13-14H2,1H3,(H,22,25). The maximum absolute atomic E-state index is 12.5. The zero-order valence-corrected chi connectivity index (χ0v) is 15.5. The summed E-state index contributed by atoms with van der Waals surface area (Å²) < 4.78 is 10.7. The lowest BCUT2D eigenvalue weighted by Crippen LogP contribution is -2.46. The third-order valence-electron chi connectivity index (χ3n) is 5.05. The topological polar surface area (TPSA) is 66.9 Å². The number of ether oxygens (including phenoxy) is 2. The van der Waals surface area contributed by atoms with Crippen LogP contribution in [0.4, 0.5) is 5.69 Å². The Kier molecular flexibility index (Phi) is 5.11. The number of nitrogens with one attached hydrogen (secondary N) is 1. The molecular formula is C20H24N4O3. The molecule has 4 rings (SSSR count). The molecular weight excluding hydrogens is 344 g/mol. The predicted molar refractivity (Wildman–Crippen MR) is 102 cm³/mol. The van der Waals surface area contributed by atoms with Gasteiger partial charge in [0.2, 0.25) is 6.79 Å². The van der Waals surface area contributed by atoms with Crippen LogP contribution >= 0.6 is 0 Å². The van der Waals surface area contributed by atoms with Crippen LogP contribution in [0, 0.1) is 0 Å². The number of amides is 1. The number of carbonyl (C=O) groups is 1. The van der Waals surface area contributed by atoms with E-state index < -0.39 is 0 Å². The molecule has 0 spiro atoms. The molecule has 1 amide bonds. The molecule has 7 nitrogen and oxygen atoms in total. The Balaban J connectivity index is 1.37. The van der Waals surface area contributed by atoms with Crippen LogP contribution in [0.3, 0.4) is 0 Å². The second-order valence-electron chi connectivity index (χ2n) is 6.69. The first-order chi connectivity index (χ1) is 13.2. The van der Waals surface area contributed by atoms with Crippen molar-refractivity contribution in [2.45, 2.75) is 13.5 Å². The van der Waals surface area contributed by atoms with Crippen LogP contribution in [0.5, 0.6) is 11.5 Å². The van der Waals surface area contributed by atoms with Gasteiger partial charge in [0.05, 0.1) is 0 Å². The smallest absolute Gasteiger partial charge is 0.270 e. The van der Waals surface area contributed by atoms with Crippen LogP contribution < -0.4 is 19.7 Å². The summed E-state index contributed by atoms with van der Waals surface area (Å²) in [5.41, 5.74) is 2.44. The van der Waals surface area contributed by atoms with E-state index in [9.17, 15) is 4.79 Å². The first-order valence-electron chi connectivity index (χ1n) is 9.33. The van der Waals surface area contributed by atoms with E-state index in [4.69, 9.17) is 9.47 Å². The van der Waals surface area contributed by atoms with Crippen LogP contribution in [-0.4, -0.2) is 55.3 Å². The lowest BCUT2D eigenvalue weighted by Gasteiger charge is -2.35. The van der Waals surface area contributed by atoms with E-state index in [1.807, 2.05) is 30.3 Å². The monoisotopic (exact) mass is 368 g/mol. The van der Waals surface area contributed by atoms with Crippen LogP contribution in [0.2, 0.25) is 0 Å². The number of rotatable bonds is 5. The van der Waals surface area contributed by atoms with Gasteiger partial charge in [0.1, 0.15) is 5.69 Å². The zero-order valence-electron chi connectivity index (χ0n) is 15.5. The molecule has 0 atom stereocenters. The van der Waals surface area contributed by atoms with Crippen molar-refractivity contribution in [3.05, 3.63) is 47.8 Å². The number of anilines is 1. The average Bonchev–Trinajstić information content (AvgIpc) is 3.20.